The molecule has 0 amide bonds. The normalized spacial score (nSPS) is 12.9. The molecule has 0 rings (SSSR count). The minimum atomic E-state index is 0.514. The van der Waals surface area contributed by atoms with Crippen LogP contribution in [0.3, 0.4) is 0 Å². The van der Waals surface area contributed by atoms with Gasteiger partial charge in [0.15, 0.2) is 0 Å². The first kappa shape index (κ1) is 10.1. The maximum atomic E-state index is 3.73. The SMILES string of the molecule is C=N/N=C\C(=C/CC)C(C)C. The van der Waals surface area contributed by atoms with Gasteiger partial charge in [0.25, 0.3) is 0 Å². The van der Waals surface area contributed by atoms with Crippen molar-refractivity contribution in [3.63, 3.8) is 0 Å². The summed E-state index contributed by atoms with van der Waals surface area (Å²) >= 11 is 0. The molecule has 0 aliphatic heterocycles. The summed E-state index contributed by atoms with van der Waals surface area (Å²) in [7, 11) is 0. The lowest BCUT2D eigenvalue weighted by molar-refractivity contribution is 0.799. The minimum absolute atomic E-state index is 0.514. The smallest absolute Gasteiger partial charge is 0.0526 e. The van der Waals surface area contributed by atoms with Gasteiger partial charge >= 0.3 is 0 Å². The van der Waals surface area contributed by atoms with E-state index in [2.05, 4.69) is 43.8 Å². The average molecular weight is 152 g/mol. The van der Waals surface area contributed by atoms with Crippen LogP contribution in [0.1, 0.15) is 27.2 Å². The molecule has 0 bridgehead atoms. The summed E-state index contributed by atoms with van der Waals surface area (Å²) in [6.45, 7) is 9.66. The van der Waals surface area contributed by atoms with Crippen LogP contribution in [0.5, 0.6) is 0 Å². The molecule has 0 aliphatic carbocycles. The maximum Gasteiger partial charge on any atom is 0.0526 e. The van der Waals surface area contributed by atoms with Gasteiger partial charge in [-0.2, -0.15) is 10.2 Å². The van der Waals surface area contributed by atoms with Crippen molar-refractivity contribution in [2.24, 2.45) is 16.1 Å². The molecular formula is C9H16N2. The number of hydrogen-bond donors (Lipinski definition) is 0. The van der Waals surface area contributed by atoms with Crippen LogP contribution < -0.4 is 0 Å². The number of rotatable bonds is 4. The molecule has 0 aliphatic rings. The zero-order chi connectivity index (χ0) is 8.69. The van der Waals surface area contributed by atoms with E-state index in [0.29, 0.717) is 5.92 Å². The molecule has 0 unspecified atom stereocenters. The van der Waals surface area contributed by atoms with Gasteiger partial charge < -0.3 is 0 Å². The van der Waals surface area contributed by atoms with Crippen LogP contribution >= 0.6 is 0 Å². The molecule has 0 aromatic carbocycles. The Bertz CT molecular complexity index is 166. The Morgan fingerprint density at radius 3 is 2.55 bits per heavy atom. The molecule has 0 saturated carbocycles. The Morgan fingerprint density at radius 2 is 2.18 bits per heavy atom. The molecule has 0 heterocycles. The molecule has 0 radical (unpaired) electrons. The standard InChI is InChI=1S/C9H16N2/c1-5-6-9(8(2)3)7-11-10-4/h6-8H,4-5H2,1-3H3/b9-6+,11-7-. The van der Waals surface area contributed by atoms with Crippen LogP contribution in [-0.4, -0.2) is 12.9 Å². The third-order valence-corrected chi connectivity index (χ3v) is 1.39. The molecule has 0 atom stereocenters. The van der Waals surface area contributed by atoms with Gasteiger partial charge in [-0.25, -0.2) is 0 Å². The van der Waals surface area contributed by atoms with E-state index in [1.807, 2.05) is 0 Å². The third-order valence-electron chi connectivity index (χ3n) is 1.39. The average Bonchev–Trinajstić information content (AvgIpc) is 1.97. The van der Waals surface area contributed by atoms with Gasteiger partial charge in [-0.05, 0) is 17.9 Å². The van der Waals surface area contributed by atoms with Gasteiger partial charge in [0.1, 0.15) is 0 Å². The van der Waals surface area contributed by atoms with E-state index in [-0.39, 0.29) is 0 Å². The van der Waals surface area contributed by atoms with Crippen molar-refractivity contribution < 1.29 is 0 Å². The van der Waals surface area contributed by atoms with Crippen LogP contribution in [0.15, 0.2) is 21.9 Å². The van der Waals surface area contributed by atoms with Crippen molar-refractivity contribution in [1.82, 2.24) is 0 Å². The number of allylic oxidation sites excluding steroid dienone is 2. The number of hydrogen-bond acceptors (Lipinski definition) is 2. The maximum absolute atomic E-state index is 3.73. The molecule has 11 heavy (non-hydrogen) atoms. The van der Waals surface area contributed by atoms with Crippen LogP contribution in [0, 0.1) is 5.92 Å². The van der Waals surface area contributed by atoms with E-state index < -0.39 is 0 Å². The Morgan fingerprint density at radius 1 is 1.55 bits per heavy atom. The zero-order valence-corrected chi connectivity index (χ0v) is 7.54. The Kier molecular flexibility index (Phi) is 5.35. The van der Waals surface area contributed by atoms with E-state index in [1.165, 1.54) is 5.57 Å². The largest absolute Gasteiger partial charge is 0.167 e. The fraction of sp³-hybridized carbons (Fsp3) is 0.556. The van der Waals surface area contributed by atoms with Crippen molar-refractivity contribution in [1.29, 1.82) is 0 Å². The molecule has 0 fully saturated rings. The summed E-state index contributed by atoms with van der Waals surface area (Å²) in [6, 6.07) is 0. The summed E-state index contributed by atoms with van der Waals surface area (Å²) in [6.07, 6.45) is 4.96. The van der Waals surface area contributed by atoms with E-state index >= 15 is 0 Å². The quantitative estimate of drug-likeness (QED) is 0.437. The fourth-order valence-electron chi connectivity index (χ4n) is 0.781. The van der Waals surface area contributed by atoms with Crippen molar-refractivity contribution in [3.8, 4) is 0 Å². The highest BCUT2D eigenvalue weighted by Crippen LogP contribution is 2.07. The molecule has 0 spiro atoms. The fourth-order valence-corrected chi connectivity index (χ4v) is 0.781. The van der Waals surface area contributed by atoms with E-state index in [1.54, 1.807) is 6.21 Å². The molecule has 2 nitrogen and oxygen atoms in total. The summed E-state index contributed by atoms with van der Waals surface area (Å²) in [5.74, 6) is 0.514. The monoisotopic (exact) mass is 152 g/mol. The molecule has 0 aromatic rings. The van der Waals surface area contributed by atoms with Crippen LogP contribution in [0.25, 0.3) is 0 Å². The summed E-state index contributed by atoms with van der Waals surface area (Å²) < 4.78 is 0. The first-order valence-corrected chi connectivity index (χ1v) is 3.91. The van der Waals surface area contributed by atoms with Crippen molar-refractivity contribution in [2.75, 3.05) is 0 Å². The molecule has 0 saturated heterocycles. The van der Waals surface area contributed by atoms with Gasteiger partial charge in [0.05, 0.1) is 6.21 Å². The molecule has 2 heteroatoms. The number of nitrogens with zero attached hydrogens (tertiary/aromatic N) is 2. The third kappa shape index (κ3) is 4.48. The lowest BCUT2D eigenvalue weighted by Gasteiger charge is -2.03. The summed E-state index contributed by atoms with van der Waals surface area (Å²) in [5.41, 5.74) is 1.22. The van der Waals surface area contributed by atoms with Gasteiger partial charge in [-0.15, -0.1) is 0 Å². The topological polar surface area (TPSA) is 24.7 Å². The second-order valence-electron chi connectivity index (χ2n) is 2.65. The first-order valence-electron chi connectivity index (χ1n) is 3.91. The first-order chi connectivity index (χ1) is 5.22. The lowest BCUT2D eigenvalue weighted by Crippen LogP contribution is -1.94. The van der Waals surface area contributed by atoms with Crippen LogP contribution in [0.2, 0.25) is 0 Å². The Hall–Kier alpha value is -0.920. The van der Waals surface area contributed by atoms with Gasteiger partial charge in [-0.1, -0.05) is 26.8 Å². The van der Waals surface area contributed by atoms with Crippen molar-refractivity contribution in [2.45, 2.75) is 27.2 Å². The van der Waals surface area contributed by atoms with Gasteiger partial charge in [0, 0.05) is 6.72 Å². The second-order valence-corrected chi connectivity index (χ2v) is 2.65. The molecule has 0 aromatic heterocycles. The van der Waals surface area contributed by atoms with Gasteiger partial charge in [-0.3, -0.25) is 0 Å². The molecular weight excluding hydrogens is 136 g/mol. The lowest BCUT2D eigenvalue weighted by atomic mass is 10.0. The van der Waals surface area contributed by atoms with Crippen LogP contribution in [0.4, 0.5) is 0 Å². The van der Waals surface area contributed by atoms with E-state index in [0.717, 1.165) is 6.42 Å². The van der Waals surface area contributed by atoms with Crippen molar-refractivity contribution >= 4 is 12.9 Å². The highest BCUT2D eigenvalue weighted by atomic mass is 15.2. The highest BCUT2D eigenvalue weighted by molar-refractivity contribution is 5.78. The Balaban J connectivity index is 4.22. The van der Waals surface area contributed by atoms with E-state index in [4.69, 9.17) is 0 Å². The van der Waals surface area contributed by atoms with Crippen LogP contribution in [-0.2, 0) is 0 Å². The summed E-state index contributed by atoms with van der Waals surface area (Å²) in [4.78, 5) is 0. The summed E-state index contributed by atoms with van der Waals surface area (Å²) in [5, 5.41) is 7.15. The van der Waals surface area contributed by atoms with E-state index in [9.17, 15) is 0 Å². The zero-order valence-electron chi connectivity index (χ0n) is 7.54. The molecule has 0 N–H and O–H groups in total. The second kappa shape index (κ2) is 5.83. The predicted molar refractivity (Wildman–Crippen MR) is 51.3 cm³/mol. The molecule has 62 valence electrons. The van der Waals surface area contributed by atoms with Crippen molar-refractivity contribution in [3.05, 3.63) is 11.6 Å². The van der Waals surface area contributed by atoms with Gasteiger partial charge in [0.2, 0.25) is 0 Å². The predicted octanol–water partition coefficient (Wildman–Crippen LogP) is 2.67. The minimum Gasteiger partial charge on any atom is -0.167 e. The Labute approximate surface area is 68.7 Å². The highest BCUT2D eigenvalue weighted by Gasteiger charge is 1.97.